The van der Waals surface area contributed by atoms with Gasteiger partial charge in [0.05, 0.1) is 12.0 Å². The number of aromatic nitrogens is 1. The van der Waals surface area contributed by atoms with E-state index in [1.54, 1.807) is 17.9 Å². The molecule has 0 unspecified atom stereocenters. The summed E-state index contributed by atoms with van der Waals surface area (Å²) in [5, 5.41) is 11.8. The lowest BCUT2D eigenvalue weighted by Crippen LogP contribution is -2.50. The molecule has 1 aromatic heterocycles. The van der Waals surface area contributed by atoms with Crippen molar-refractivity contribution in [1.29, 1.82) is 5.26 Å². The minimum atomic E-state index is -3.06. The molecule has 1 aliphatic rings. The van der Waals surface area contributed by atoms with Crippen molar-refractivity contribution in [2.75, 3.05) is 10.2 Å². The molecule has 1 fully saturated rings. The Hall–Kier alpha value is -3.21. The quantitative estimate of drug-likeness (QED) is 0.681. The van der Waals surface area contributed by atoms with Gasteiger partial charge in [-0.3, -0.25) is 4.90 Å². The summed E-state index contributed by atoms with van der Waals surface area (Å²) < 4.78 is 30.1. The van der Waals surface area contributed by atoms with Crippen LogP contribution in [0.2, 0.25) is 0 Å². The lowest BCUT2D eigenvalue weighted by Gasteiger charge is -2.41. The number of pyridine rings is 1. The molecule has 8 heteroatoms. The Morgan fingerprint density at radius 3 is 2.60 bits per heavy atom. The number of hydrogen-bond acceptors (Lipinski definition) is 4. The van der Waals surface area contributed by atoms with Gasteiger partial charge in [0.2, 0.25) is 5.88 Å². The van der Waals surface area contributed by atoms with Crippen LogP contribution in [0.1, 0.15) is 43.9 Å². The highest BCUT2D eigenvalue weighted by molar-refractivity contribution is 6.03. The lowest BCUT2D eigenvalue weighted by molar-refractivity contribution is -0.0523. The van der Waals surface area contributed by atoms with Crippen LogP contribution in [0, 0.1) is 24.2 Å². The molecule has 2 amide bonds. The fraction of sp³-hybridized carbons (Fsp3) is 0.409. The molecule has 158 valence electrons. The second-order valence-corrected chi connectivity index (χ2v) is 7.65. The average Bonchev–Trinajstić information content (AvgIpc) is 2.65. The Labute approximate surface area is 174 Å². The van der Waals surface area contributed by atoms with Gasteiger partial charge in [0.15, 0.2) is 0 Å². The van der Waals surface area contributed by atoms with E-state index in [1.165, 1.54) is 6.07 Å². The Balaban J connectivity index is 1.94. The number of nitrogens with one attached hydrogen (secondary N) is 1. The van der Waals surface area contributed by atoms with Crippen molar-refractivity contribution in [2.24, 2.45) is 5.92 Å². The zero-order valence-electron chi connectivity index (χ0n) is 17.1. The third kappa shape index (κ3) is 4.67. The molecule has 30 heavy (non-hydrogen) atoms. The largest absolute Gasteiger partial charge is 0.415 e. The Morgan fingerprint density at radius 2 is 1.97 bits per heavy atom. The van der Waals surface area contributed by atoms with Gasteiger partial charge in [-0.1, -0.05) is 32.0 Å². The molecule has 1 N–H and O–H groups in total. The number of anilines is 2. The van der Waals surface area contributed by atoms with E-state index in [0.717, 1.165) is 11.3 Å². The van der Waals surface area contributed by atoms with Crippen molar-refractivity contribution in [1.82, 2.24) is 4.98 Å². The van der Waals surface area contributed by atoms with E-state index < -0.39 is 12.6 Å². The summed E-state index contributed by atoms with van der Waals surface area (Å²) in [5.74, 6) is -0.267. The van der Waals surface area contributed by atoms with Crippen molar-refractivity contribution >= 4 is 17.4 Å². The number of para-hydroxylation sites is 1. The molecular weight excluding hydrogens is 390 g/mol. The Morgan fingerprint density at radius 1 is 1.27 bits per heavy atom. The van der Waals surface area contributed by atoms with Crippen molar-refractivity contribution < 1.29 is 18.3 Å². The fourth-order valence-corrected chi connectivity index (χ4v) is 3.55. The molecule has 1 saturated carbocycles. The SMILES string of the molecule is Cc1ccc(NC(=O)N(c2ccccc2C(C)C)C2CC(C#N)C2)c(OC(F)F)n1. The van der Waals surface area contributed by atoms with Gasteiger partial charge in [-0.15, -0.1) is 0 Å². The van der Waals surface area contributed by atoms with E-state index >= 15 is 0 Å². The van der Waals surface area contributed by atoms with Crippen molar-refractivity contribution in [2.45, 2.75) is 52.2 Å². The van der Waals surface area contributed by atoms with Crippen LogP contribution >= 0.6 is 0 Å². The van der Waals surface area contributed by atoms with E-state index in [4.69, 9.17) is 5.26 Å². The Kier molecular flexibility index (Phi) is 6.50. The monoisotopic (exact) mass is 414 g/mol. The normalized spacial score (nSPS) is 17.9. The first-order valence-corrected chi connectivity index (χ1v) is 9.81. The van der Waals surface area contributed by atoms with Gasteiger partial charge in [-0.05, 0) is 49.4 Å². The molecule has 0 atom stereocenters. The van der Waals surface area contributed by atoms with E-state index in [1.807, 2.05) is 38.1 Å². The highest BCUT2D eigenvalue weighted by atomic mass is 19.3. The summed E-state index contributed by atoms with van der Waals surface area (Å²) in [7, 11) is 0. The fourth-order valence-electron chi connectivity index (χ4n) is 3.55. The number of hydrogen-bond donors (Lipinski definition) is 1. The van der Waals surface area contributed by atoms with E-state index in [9.17, 15) is 13.6 Å². The maximum atomic E-state index is 13.3. The molecule has 0 spiro atoms. The second-order valence-electron chi connectivity index (χ2n) is 7.65. The minimum Gasteiger partial charge on any atom is -0.415 e. The van der Waals surface area contributed by atoms with Gasteiger partial charge >= 0.3 is 12.6 Å². The van der Waals surface area contributed by atoms with Crippen molar-refractivity contribution in [3.8, 4) is 11.9 Å². The number of ether oxygens (including phenoxy) is 1. The lowest BCUT2D eigenvalue weighted by atomic mass is 9.80. The summed E-state index contributed by atoms with van der Waals surface area (Å²) >= 11 is 0. The average molecular weight is 414 g/mol. The van der Waals surface area contributed by atoms with Crippen LogP contribution in [0.3, 0.4) is 0 Å². The van der Waals surface area contributed by atoms with Gasteiger partial charge in [0, 0.05) is 17.4 Å². The number of urea groups is 1. The number of nitriles is 1. The number of amides is 2. The molecule has 1 aliphatic carbocycles. The van der Waals surface area contributed by atoms with Crippen LogP contribution in [-0.2, 0) is 0 Å². The number of carbonyl (C=O) groups is 1. The number of benzene rings is 1. The molecular formula is C22H24F2N4O2. The summed E-state index contributed by atoms with van der Waals surface area (Å²) in [6, 6.07) is 12.3. The van der Waals surface area contributed by atoms with Gasteiger partial charge in [0.1, 0.15) is 5.69 Å². The minimum absolute atomic E-state index is 0.0640. The van der Waals surface area contributed by atoms with Crippen molar-refractivity contribution in [3.63, 3.8) is 0 Å². The van der Waals surface area contributed by atoms with Crippen LogP contribution in [-0.4, -0.2) is 23.7 Å². The Bertz CT molecular complexity index is 952. The number of nitrogens with zero attached hydrogens (tertiary/aromatic N) is 3. The molecule has 0 aliphatic heterocycles. The van der Waals surface area contributed by atoms with Crippen LogP contribution in [0.4, 0.5) is 25.0 Å². The molecule has 1 aromatic carbocycles. The highest BCUT2D eigenvalue weighted by Crippen LogP contribution is 2.38. The first kappa shape index (κ1) is 21.5. The predicted molar refractivity (Wildman–Crippen MR) is 110 cm³/mol. The van der Waals surface area contributed by atoms with Gasteiger partial charge in [-0.2, -0.15) is 14.0 Å². The standard InChI is InChI=1S/C22H24F2N4O2/c1-13(2)17-6-4-5-7-19(17)28(16-10-15(11-16)12-25)22(29)27-18-9-8-14(3)26-20(18)30-21(23)24/h4-9,13,15-16,21H,10-11H2,1-3H3,(H,27,29). The zero-order valence-corrected chi connectivity index (χ0v) is 17.1. The zero-order chi connectivity index (χ0) is 21.8. The first-order valence-electron chi connectivity index (χ1n) is 9.81. The third-order valence-corrected chi connectivity index (χ3v) is 5.14. The van der Waals surface area contributed by atoms with E-state index in [2.05, 4.69) is 21.1 Å². The molecule has 1 heterocycles. The molecule has 0 bridgehead atoms. The topological polar surface area (TPSA) is 78.2 Å². The van der Waals surface area contributed by atoms with Crippen molar-refractivity contribution in [3.05, 3.63) is 47.7 Å². The number of carbonyl (C=O) groups excluding carboxylic acids is 1. The number of alkyl halides is 2. The van der Waals surface area contributed by atoms with Crippen LogP contribution in [0.15, 0.2) is 36.4 Å². The first-order chi connectivity index (χ1) is 14.3. The van der Waals surface area contributed by atoms with Crippen LogP contribution in [0.5, 0.6) is 5.88 Å². The summed E-state index contributed by atoms with van der Waals surface area (Å²) in [5.41, 5.74) is 2.28. The van der Waals surface area contributed by atoms with Crippen LogP contribution in [0.25, 0.3) is 0 Å². The summed E-state index contributed by atoms with van der Waals surface area (Å²) in [4.78, 5) is 18.9. The maximum Gasteiger partial charge on any atom is 0.388 e. The smallest absolute Gasteiger partial charge is 0.388 e. The number of aryl methyl sites for hydroxylation is 1. The predicted octanol–water partition coefficient (Wildman–Crippen LogP) is 5.46. The van der Waals surface area contributed by atoms with Gasteiger partial charge in [0.25, 0.3) is 0 Å². The molecule has 3 rings (SSSR count). The molecule has 2 aromatic rings. The maximum absolute atomic E-state index is 13.3. The second kappa shape index (κ2) is 9.08. The number of halogens is 2. The summed E-state index contributed by atoms with van der Waals surface area (Å²) in [6.07, 6.45) is 1.12. The van der Waals surface area contributed by atoms with E-state index in [-0.39, 0.29) is 29.4 Å². The molecule has 6 nitrogen and oxygen atoms in total. The molecule has 0 saturated heterocycles. The highest BCUT2D eigenvalue weighted by Gasteiger charge is 2.38. The van der Waals surface area contributed by atoms with E-state index in [0.29, 0.717) is 18.5 Å². The third-order valence-electron chi connectivity index (χ3n) is 5.14. The van der Waals surface area contributed by atoms with Gasteiger partial charge < -0.3 is 10.1 Å². The molecule has 0 radical (unpaired) electrons. The van der Waals surface area contributed by atoms with Gasteiger partial charge in [-0.25, -0.2) is 9.78 Å². The van der Waals surface area contributed by atoms with Crippen LogP contribution < -0.4 is 15.0 Å². The number of rotatable bonds is 6. The summed E-state index contributed by atoms with van der Waals surface area (Å²) in [6.45, 7) is 2.65.